The quantitative estimate of drug-likeness (QED) is 0.0222. The van der Waals surface area contributed by atoms with Gasteiger partial charge in [0.15, 0.2) is 12.2 Å². The Morgan fingerprint density at radius 3 is 0.800 bits per heavy atom. The number of unbranched alkanes of at least 4 members (excludes halogenated alkanes) is 38. The normalized spacial score (nSPS) is 14.2. The lowest BCUT2D eigenvalue weighted by Crippen LogP contribution is -2.30. The van der Waals surface area contributed by atoms with Crippen LogP contribution < -0.4 is 0 Å². The Morgan fingerprint density at radius 2 is 0.541 bits per heavy atom. The van der Waals surface area contributed by atoms with Crippen molar-refractivity contribution in [2.45, 2.75) is 355 Å². The minimum absolute atomic E-state index is 0.107. The molecule has 504 valence electrons. The molecule has 0 aromatic carbocycles. The van der Waals surface area contributed by atoms with E-state index in [1.54, 1.807) is 0 Å². The molecule has 0 radical (unpaired) electrons. The van der Waals surface area contributed by atoms with Gasteiger partial charge in [0, 0.05) is 25.7 Å². The molecular weight excluding hydrogens is 1130 g/mol. The van der Waals surface area contributed by atoms with Crippen LogP contribution in [0, 0.1) is 5.92 Å². The molecule has 0 rings (SSSR count). The molecule has 5 atom stereocenters. The summed E-state index contributed by atoms with van der Waals surface area (Å²) >= 11 is 0. The summed E-state index contributed by atoms with van der Waals surface area (Å²) in [5, 5.41) is 10.5. The fraction of sp³-hybridized carbons (Fsp3) is 0.939. The van der Waals surface area contributed by atoms with Crippen molar-refractivity contribution >= 4 is 39.5 Å². The number of rotatable bonds is 66. The first kappa shape index (κ1) is 83.1. The fourth-order valence-corrected chi connectivity index (χ4v) is 11.5. The molecule has 0 fully saturated rings. The Balaban J connectivity index is 5.23. The van der Waals surface area contributed by atoms with Crippen LogP contribution in [-0.2, 0) is 65.4 Å². The van der Waals surface area contributed by atoms with Gasteiger partial charge in [-0.25, -0.2) is 9.13 Å². The van der Waals surface area contributed by atoms with Crippen LogP contribution in [0.1, 0.15) is 336 Å². The van der Waals surface area contributed by atoms with Crippen molar-refractivity contribution in [3.8, 4) is 0 Å². The van der Waals surface area contributed by atoms with Crippen LogP contribution in [0.15, 0.2) is 0 Å². The second-order valence-electron chi connectivity index (χ2n) is 24.3. The minimum atomic E-state index is -4.95. The van der Waals surface area contributed by atoms with Crippen molar-refractivity contribution in [2.24, 2.45) is 5.92 Å². The highest BCUT2D eigenvalue weighted by Crippen LogP contribution is 2.45. The third-order valence-electron chi connectivity index (χ3n) is 15.3. The third kappa shape index (κ3) is 60.7. The number of aliphatic hydroxyl groups is 1. The van der Waals surface area contributed by atoms with Crippen molar-refractivity contribution in [2.75, 3.05) is 39.6 Å². The van der Waals surface area contributed by atoms with E-state index in [1.807, 2.05) is 0 Å². The fourth-order valence-electron chi connectivity index (χ4n) is 9.94. The average molecular weight is 1260 g/mol. The van der Waals surface area contributed by atoms with E-state index in [0.29, 0.717) is 25.7 Å². The van der Waals surface area contributed by atoms with Gasteiger partial charge in [-0.15, -0.1) is 0 Å². The molecule has 0 amide bonds. The number of hydrogen-bond donors (Lipinski definition) is 3. The molecule has 0 bridgehead atoms. The lowest BCUT2D eigenvalue weighted by molar-refractivity contribution is -0.161. The average Bonchev–Trinajstić information content (AvgIpc) is 3.65. The Bertz CT molecular complexity index is 1650. The molecule has 0 heterocycles. The molecule has 0 aromatic rings. The highest BCUT2D eigenvalue weighted by molar-refractivity contribution is 7.47. The van der Waals surface area contributed by atoms with Gasteiger partial charge in [-0.1, -0.05) is 285 Å². The van der Waals surface area contributed by atoms with E-state index in [2.05, 4.69) is 34.6 Å². The molecule has 0 saturated heterocycles. The third-order valence-corrected chi connectivity index (χ3v) is 17.2. The van der Waals surface area contributed by atoms with Crippen LogP contribution in [0.3, 0.4) is 0 Å². The molecule has 0 aliphatic rings. The maximum atomic E-state index is 13.0. The van der Waals surface area contributed by atoms with E-state index in [9.17, 15) is 43.2 Å². The van der Waals surface area contributed by atoms with Crippen molar-refractivity contribution in [1.29, 1.82) is 0 Å². The zero-order valence-electron chi connectivity index (χ0n) is 54.7. The van der Waals surface area contributed by atoms with Crippen LogP contribution in [0.5, 0.6) is 0 Å². The standard InChI is InChI=1S/C66H128O17P2/c1-6-9-12-15-18-21-23-25-27-31-37-42-47-52-66(71)83-62(56-77-64(69)50-45-40-35-32-28-29-33-38-43-48-59(4)5)58-81-85(74,75)79-54-60(67)53-78-84(72,73)80-57-61(55-76-63(68)49-44-39-34-20-17-14-11-8-3)82-65(70)51-46-41-36-30-26-24-22-19-16-13-10-7-2/h59-62,67H,6-58H2,1-5H3,(H,72,73)(H,74,75)/t60-,61+,62+/m0/s1. The molecule has 2 unspecified atom stereocenters. The molecule has 0 saturated carbocycles. The van der Waals surface area contributed by atoms with Gasteiger partial charge in [0.1, 0.15) is 19.3 Å². The summed E-state index contributed by atoms with van der Waals surface area (Å²) in [5.74, 6) is -1.38. The van der Waals surface area contributed by atoms with Gasteiger partial charge < -0.3 is 33.8 Å². The number of esters is 4. The first-order valence-electron chi connectivity index (χ1n) is 34.6. The molecule has 0 aliphatic heterocycles. The van der Waals surface area contributed by atoms with Gasteiger partial charge in [0.25, 0.3) is 0 Å². The first-order valence-corrected chi connectivity index (χ1v) is 37.6. The number of hydrogen-bond acceptors (Lipinski definition) is 15. The number of ether oxygens (including phenoxy) is 4. The zero-order valence-corrected chi connectivity index (χ0v) is 56.5. The van der Waals surface area contributed by atoms with Crippen LogP contribution in [0.2, 0.25) is 0 Å². The minimum Gasteiger partial charge on any atom is -0.462 e. The topological polar surface area (TPSA) is 237 Å². The van der Waals surface area contributed by atoms with Gasteiger partial charge in [0.05, 0.1) is 26.4 Å². The lowest BCUT2D eigenvalue weighted by Gasteiger charge is -2.21. The highest BCUT2D eigenvalue weighted by atomic mass is 31.2. The molecule has 85 heavy (non-hydrogen) atoms. The Kier molecular flexibility index (Phi) is 58.3. The monoisotopic (exact) mass is 1250 g/mol. The van der Waals surface area contributed by atoms with E-state index in [0.717, 1.165) is 102 Å². The van der Waals surface area contributed by atoms with Crippen LogP contribution in [0.25, 0.3) is 0 Å². The van der Waals surface area contributed by atoms with Crippen molar-refractivity contribution in [3.05, 3.63) is 0 Å². The van der Waals surface area contributed by atoms with Gasteiger partial charge >= 0.3 is 39.5 Å². The number of carbonyl (C=O) groups excluding carboxylic acids is 4. The van der Waals surface area contributed by atoms with E-state index in [1.165, 1.54) is 154 Å². The number of phosphoric acid groups is 2. The summed E-state index contributed by atoms with van der Waals surface area (Å²) in [4.78, 5) is 72.3. The number of carbonyl (C=O) groups is 4. The van der Waals surface area contributed by atoms with E-state index in [-0.39, 0.29) is 25.7 Å². The smallest absolute Gasteiger partial charge is 0.462 e. The first-order chi connectivity index (χ1) is 41.0. The highest BCUT2D eigenvalue weighted by Gasteiger charge is 2.30. The van der Waals surface area contributed by atoms with Crippen molar-refractivity contribution < 1.29 is 80.2 Å². The zero-order chi connectivity index (χ0) is 62.8. The Labute approximate surface area is 517 Å². The molecule has 19 heteroatoms. The van der Waals surface area contributed by atoms with Gasteiger partial charge in [-0.05, 0) is 31.6 Å². The Morgan fingerprint density at radius 1 is 0.318 bits per heavy atom. The molecule has 17 nitrogen and oxygen atoms in total. The van der Waals surface area contributed by atoms with Gasteiger partial charge in [-0.2, -0.15) is 0 Å². The summed E-state index contributed by atoms with van der Waals surface area (Å²) in [7, 11) is -9.89. The van der Waals surface area contributed by atoms with Crippen molar-refractivity contribution in [3.63, 3.8) is 0 Å². The van der Waals surface area contributed by atoms with Crippen LogP contribution >= 0.6 is 15.6 Å². The second-order valence-corrected chi connectivity index (χ2v) is 27.2. The summed E-state index contributed by atoms with van der Waals surface area (Å²) in [6, 6.07) is 0. The van der Waals surface area contributed by atoms with Gasteiger partial charge in [-0.3, -0.25) is 37.3 Å². The molecule has 3 N–H and O–H groups in total. The summed E-state index contributed by atoms with van der Waals surface area (Å²) in [6.45, 7) is 7.17. The van der Waals surface area contributed by atoms with Crippen LogP contribution in [-0.4, -0.2) is 96.7 Å². The summed E-state index contributed by atoms with van der Waals surface area (Å²) in [6.07, 6.45) is 44.3. The largest absolute Gasteiger partial charge is 0.472 e. The van der Waals surface area contributed by atoms with E-state index in [4.69, 9.17) is 37.0 Å². The number of phosphoric ester groups is 2. The second kappa shape index (κ2) is 59.7. The van der Waals surface area contributed by atoms with E-state index >= 15 is 0 Å². The SMILES string of the molecule is CCCCCCCCCCCCCCCC(=O)O[C@H](COC(=O)CCCCCCCCCCCC(C)C)COP(=O)(O)OC[C@@H](O)COP(=O)(O)OC[C@@H](COC(=O)CCCCCCCCCC)OC(=O)CCCCCCCCCCCCCC. The Hall–Kier alpha value is -1.94. The predicted molar refractivity (Wildman–Crippen MR) is 340 cm³/mol. The van der Waals surface area contributed by atoms with Gasteiger partial charge in [0.2, 0.25) is 0 Å². The molecular formula is C66H128O17P2. The molecule has 0 aromatic heterocycles. The predicted octanol–water partition coefficient (Wildman–Crippen LogP) is 18.6. The maximum Gasteiger partial charge on any atom is 0.472 e. The maximum absolute atomic E-state index is 13.0. The van der Waals surface area contributed by atoms with Crippen LogP contribution in [0.4, 0.5) is 0 Å². The summed E-state index contributed by atoms with van der Waals surface area (Å²) < 4.78 is 68.1. The molecule has 0 spiro atoms. The van der Waals surface area contributed by atoms with E-state index < -0.39 is 97.5 Å². The van der Waals surface area contributed by atoms with Crippen molar-refractivity contribution in [1.82, 2.24) is 0 Å². The molecule has 0 aliphatic carbocycles. The number of aliphatic hydroxyl groups excluding tert-OH is 1. The lowest BCUT2D eigenvalue weighted by atomic mass is 10.0. The summed E-state index contributed by atoms with van der Waals surface area (Å²) in [5.41, 5.74) is 0.